The van der Waals surface area contributed by atoms with E-state index in [-0.39, 0.29) is 47.2 Å². The van der Waals surface area contributed by atoms with Gasteiger partial charge in [0.05, 0.1) is 29.9 Å². The van der Waals surface area contributed by atoms with Crippen molar-refractivity contribution >= 4 is 29.4 Å². The van der Waals surface area contributed by atoms with Crippen LogP contribution in [0.15, 0.2) is 36.3 Å². The molecule has 1 aromatic carbocycles. The summed E-state index contributed by atoms with van der Waals surface area (Å²) in [7, 11) is 5.31. The number of piperidine rings is 1. The molecule has 220 valence electrons. The van der Waals surface area contributed by atoms with Crippen LogP contribution in [0.25, 0.3) is 0 Å². The third kappa shape index (κ3) is 5.62. The molecular formula is C29H36ClFN6O4. The molecule has 4 atom stereocenters. The molecule has 1 aromatic heterocycles. The summed E-state index contributed by atoms with van der Waals surface area (Å²) in [5.74, 6) is -0.533. The van der Waals surface area contributed by atoms with E-state index in [0.717, 1.165) is 31.5 Å². The molecule has 0 radical (unpaired) electrons. The first-order chi connectivity index (χ1) is 19.5. The summed E-state index contributed by atoms with van der Waals surface area (Å²) >= 11 is 6.36. The van der Waals surface area contributed by atoms with Crippen LogP contribution in [0.1, 0.15) is 55.1 Å². The Kier molecular flexibility index (Phi) is 8.22. The number of hydrogen-bond acceptors (Lipinski definition) is 8. The van der Waals surface area contributed by atoms with Gasteiger partial charge in [0.2, 0.25) is 17.7 Å². The van der Waals surface area contributed by atoms with Gasteiger partial charge in [-0.2, -0.15) is 4.98 Å². The minimum Gasteiger partial charge on any atom is -0.437 e. The topological polar surface area (TPSA) is 109 Å². The summed E-state index contributed by atoms with van der Waals surface area (Å²) in [5, 5.41) is 6.28. The van der Waals surface area contributed by atoms with Crippen molar-refractivity contribution in [1.82, 2.24) is 25.1 Å². The Balaban J connectivity index is 1.33. The number of ether oxygens (including phenoxy) is 2. The van der Waals surface area contributed by atoms with Crippen molar-refractivity contribution in [3.8, 4) is 11.6 Å². The lowest BCUT2D eigenvalue weighted by molar-refractivity contribution is -0.132. The first-order valence-electron chi connectivity index (χ1n) is 13.8. The Morgan fingerprint density at radius 2 is 1.98 bits per heavy atom. The second-order valence-electron chi connectivity index (χ2n) is 11.3. The lowest BCUT2D eigenvalue weighted by Crippen LogP contribution is -2.52. The largest absolute Gasteiger partial charge is 0.437 e. The van der Waals surface area contributed by atoms with Crippen LogP contribution in [0, 0.1) is 5.41 Å². The number of rotatable bonds is 7. The highest BCUT2D eigenvalue weighted by molar-refractivity contribution is 6.31. The van der Waals surface area contributed by atoms with E-state index in [0.29, 0.717) is 11.3 Å². The minimum absolute atomic E-state index is 0.0193. The Morgan fingerprint density at radius 1 is 1.24 bits per heavy atom. The highest BCUT2D eigenvalue weighted by Gasteiger charge is 2.46. The standard InChI is InChI=1S/C29H36ClFN6O4/c1-16-18-7-6-8-21(24(18)26(38)37(16)4)41-25-19(30)15-32-28(35-25)34-20-13-23(31)29(2,14-22(20)40-5)27(39)33-17-9-11-36(3)12-10-17/h6-8,13,15-17,20,22H,9-12,14H2,1-5H3,(H,33,39)(H,32,34,35). The highest BCUT2D eigenvalue weighted by atomic mass is 35.5. The fraction of sp³-hybridized carbons (Fsp3) is 0.517. The number of nitrogens with zero attached hydrogens (tertiary/aromatic N) is 4. The quantitative estimate of drug-likeness (QED) is 0.493. The molecule has 41 heavy (non-hydrogen) atoms. The number of benzene rings is 1. The van der Waals surface area contributed by atoms with E-state index in [1.54, 1.807) is 24.9 Å². The molecule has 2 aliphatic heterocycles. The van der Waals surface area contributed by atoms with Gasteiger partial charge in [0.15, 0.2) is 0 Å². The highest BCUT2D eigenvalue weighted by Crippen LogP contribution is 2.42. The molecule has 10 nitrogen and oxygen atoms in total. The summed E-state index contributed by atoms with van der Waals surface area (Å²) in [5.41, 5.74) is -0.0459. The zero-order valence-electron chi connectivity index (χ0n) is 23.9. The second kappa shape index (κ2) is 11.5. The van der Waals surface area contributed by atoms with E-state index >= 15 is 4.39 Å². The summed E-state index contributed by atoms with van der Waals surface area (Å²) in [6, 6.07) is 4.66. The van der Waals surface area contributed by atoms with Gasteiger partial charge in [0.1, 0.15) is 22.0 Å². The van der Waals surface area contributed by atoms with E-state index in [2.05, 4.69) is 25.5 Å². The molecule has 3 heterocycles. The number of carbonyl (C=O) groups excluding carboxylic acids is 2. The zero-order valence-corrected chi connectivity index (χ0v) is 24.7. The van der Waals surface area contributed by atoms with Gasteiger partial charge in [-0.3, -0.25) is 9.59 Å². The van der Waals surface area contributed by atoms with Crippen LogP contribution in [0.5, 0.6) is 11.6 Å². The fourth-order valence-electron chi connectivity index (χ4n) is 5.66. The first-order valence-corrected chi connectivity index (χ1v) is 14.2. The second-order valence-corrected chi connectivity index (χ2v) is 11.7. The SMILES string of the molecule is COC1CC(C)(C(=O)NC2CCN(C)CC2)C(F)=CC1Nc1ncc(Cl)c(Oc2cccc3c2C(=O)N(C)C3C)n1. The van der Waals surface area contributed by atoms with Crippen LogP contribution in [0.2, 0.25) is 5.02 Å². The maximum absolute atomic E-state index is 15.6. The summed E-state index contributed by atoms with van der Waals surface area (Å²) < 4.78 is 27.3. The Bertz CT molecular complexity index is 1370. The zero-order chi connectivity index (χ0) is 29.5. The van der Waals surface area contributed by atoms with Crippen molar-refractivity contribution in [2.75, 3.05) is 39.6 Å². The van der Waals surface area contributed by atoms with Crippen LogP contribution in [0.4, 0.5) is 10.3 Å². The number of anilines is 1. The summed E-state index contributed by atoms with van der Waals surface area (Å²) in [6.07, 6.45) is 3.96. The molecule has 2 amide bonds. The van der Waals surface area contributed by atoms with Gasteiger partial charge in [-0.1, -0.05) is 23.7 Å². The van der Waals surface area contributed by atoms with Crippen molar-refractivity contribution < 1.29 is 23.5 Å². The number of halogens is 2. The molecular weight excluding hydrogens is 551 g/mol. The molecule has 12 heteroatoms. The average Bonchev–Trinajstić information content (AvgIpc) is 3.18. The normalized spacial score (nSPS) is 26.9. The van der Waals surface area contributed by atoms with E-state index in [1.165, 1.54) is 19.4 Å². The summed E-state index contributed by atoms with van der Waals surface area (Å²) in [6.45, 7) is 5.32. The van der Waals surface area contributed by atoms with Crippen LogP contribution in [0.3, 0.4) is 0 Å². The average molecular weight is 587 g/mol. The Morgan fingerprint density at radius 3 is 2.68 bits per heavy atom. The lowest BCUT2D eigenvalue weighted by Gasteiger charge is -2.39. The molecule has 1 fully saturated rings. The number of aromatic nitrogens is 2. The molecule has 0 bridgehead atoms. The van der Waals surface area contributed by atoms with E-state index in [1.807, 2.05) is 26.1 Å². The smallest absolute Gasteiger partial charge is 0.258 e. The predicted octanol–water partition coefficient (Wildman–Crippen LogP) is 4.34. The third-order valence-electron chi connectivity index (χ3n) is 8.56. The Hall–Kier alpha value is -3.28. The van der Waals surface area contributed by atoms with Gasteiger partial charge in [0, 0.05) is 20.2 Å². The number of fused-ring (bicyclic) bond motifs is 1. The van der Waals surface area contributed by atoms with E-state index in [9.17, 15) is 9.59 Å². The minimum atomic E-state index is -1.36. The van der Waals surface area contributed by atoms with E-state index in [4.69, 9.17) is 21.1 Å². The maximum Gasteiger partial charge on any atom is 0.258 e. The Labute approximate surface area is 244 Å². The van der Waals surface area contributed by atoms with Crippen molar-refractivity contribution in [3.63, 3.8) is 0 Å². The molecule has 1 aliphatic carbocycles. The lowest BCUT2D eigenvalue weighted by atomic mass is 9.75. The van der Waals surface area contributed by atoms with Gasteiger partial charge in [-0.25, -0.2) is 9.37 Å². The molecule has 4 unspecified atom stereocenters. The van der Waals surface area contributed by atoms with Gasteiger partial charge in [-0.15, -0.1) is 0 Å². The predicted molar refractivity (Wildman–Crippen MR) is 153 cm³/mol. The van der Waals surface area contributed by atoms with Gasteiger partial charge >= 0.3 is 0 Å². The monoisotopic (exact) mass is 586 g/mol. The molecule has 0 saturated carbocycles. The van der Waals surface area contributed by atoms with Crippen molar-refractivity contribution in [3.05, 3.63) is 52.4 Å². The number of amides is 2. The first kappa shape index (κ1) is 29.2. The van der Waals surface area contributed by atoms with Gasteiger partial charge in [-0.05, 0) is 71.0 Å². The number of carbonyl (C=O) groups is 2. The molecule has 3 aliphatic rings. The number of methoxy groups -OCH3 is 1. The van der Waals surface area contributed by atoms with Gasteiger partial charge < -0.3 is 29.9 Å². The number of nitrogens with one attached hydrogen (secondary N) is 2. The molecule has 2 N–H and O–H groups in total. The molecule has 1 saturated heterocycles. The van der Waals surface area contributed by atoms with Crippen molar-refractivity contribution in [2.24, 2.45) is 5.41 Å². The number of likely N-dealkylation sites (tertiary alicyclic amines) is 1. The van der Waals surface area contributed by atoms with E-state index < -0.39 is 23.4 Å². The molecule has 2 aromatic rings. The van der Waals surface area contributed by atoms with Crippen LogP contribution in [-0.4, -0.2) is 84.1 Å². The molecule has 5 rings (SSSR count). The van der Waals surface area contributed by atoms with Crippen LogP contribution in [-0.2, 0) is 9.53 Å². The van der Waals surface area contributed by atoms with Gasteiger partial charge in [0.25, 0.3) is 5.91 Å². The van der Waals surface area contributed by atoms with Crippen LogP contribution >= 0.6 is 11.6 Å². The van der Waals surface area contributed by atoms with Crippen molar-refractivity contribution in [2.45, 2.75) is 57.3 Å². The maximum atomic E-state index is 15.6. The molecule has 0 spiro atoms. The fourth-order valence-corrected chi connectivity index (χ4v) is 5.79. The van der Waals surface area contributed by atoms with Crippen molar-refractivity contribution in [1.29, 1.82) is 0 Å². The van der Waals surface area contributed by atoms with Crippen LogP contribution < -0.4 is 15.4 Å². The third-order valence-corrected chi connectivity index (χ3v) is 8.82. The summed E-state index contributed by atoms with van der Waals surface area (Å²) in [4.78, 5) is 38.6. The number of hydrogen-bond donors (Lipinski definition) is 2.